The highest BCUT2D eigenvalue weighted by Crippen LogP contribution is 2.22. The van der Waals surface area contributed by atoms with E-state index in [0.717, 1.165) is 10.0 Å². The molecule has 6 heteroatoms. The van der Waals surface area contributed by atoms with Crippen molar-refractivity contribution in [1.82, 2.24) is 0 Å². The van der Waals surface area contributed by atoms with Gasteiger partial charge in [-0.2, -0.15) is 0 Å². The van der Waals surface area contributed by atoms with E-state index in [1.165, 1.54) is 12.1 Å². The minimum Gasteiger partial charge on any atom is -0.399 e. The van der Waals surface area contributed by atoms with Crippen LogP contribution in [-0.2, 0) is 10.0 Å². The first-order valence-corrected chi connectivity index (χ1v) is 7.80. The summed E-state index contributed by atoms with van der Waals surface area (Å²) < 4.78 is 27.8. The molecular weight excluding hydrogens is 328 g/mol. The van der Waals surface area contributed by atoms with Gasteiger partial charge in [-0.05, 0) is 48.9 Å². The summed E-state index contributed by atoms with van der Waals surface area (Å²) in [6.45, 7) is 1.82. The summed E-state index contributed by atoms with van der Waals surface area (Å²) in [6.07, 6.45) is 0. The molecule has 2 aromatic rings. The predicted octanol–water partition coefficient (Wildman–Crippen LogP) is 3.14. The Labute approximate surface area is 120 Å². The fourth-order valence-corrected chi connectivity index (χ4v) is 2.95. The quantitative estimate of drug-likeness (QED) is 0.843. The molecule has 0 atom stereocenters. The van der Waals surface area contributed by atoms with E-state index in [1.807, 2.05) is 6.92 Å². The molecule has 4 nitrogen and oxygen atoms in total. The van der Waals surface area contributed by atoms with Gasteiger partial charge >= 0.3 is 0 Å². The molecule has 19 heavy (non-hydrogen) atoms. The lowest BCUT2D eigenvalue weighted by atomic mass is 10.2. The molecule has 0 spiro atoms. The molecule has 0 aliphatic rings. The zero-order chi connectivity index (χ0) is 14.0. The van der Waals surface area contributed by atoms with E-state index in [2.05, 4.69) is 20.7 Å². The number of hydrogen-bond acceptors (Lipinski definition) is 3. The minimum atomic E-state index is -3.60. The maximum Gasteiger partial charge on any atom is 0.261 e. The number of nitrogens with two attached hydrogens (primary N) is 1. The molecule has 0 bridgehead atoms. The Balaban J connectivity index is 2.36. The van der Waals surface area contributed by atoms with Crippen LogP contribution >= 0.6 is 15.9 Å². The molecular formula is C13H13BrN2O2S. The van der Waals surface area contributed by atoms with Crippen LogP contribution in [0.3, 0.4) is 0 Å². The van der Waals surface area contributed by atoms with Gasteiger partial charge in [-0.25, -0.2) is 8.42 Å². The number of nitrogen functional groups attached to an aromatic ring is 1. The average molecular weight is 341 g/mol. The lowest BCUT2D eigenvalue weighted by molar-refractivity contribution is 0.601. The van der Waals surface area contributed by atoms with Crippen molar-refractivity contribution in [3.8, 4) is 0 Å². The average Bonchev–Trinajstić information content (AvgIpc) is 2.34. The molecule has 0 saturated heterocycles. The molecule has 0 saturated carbocycles. The van der Waals surface area contributed by atoms with E-state index in [9.17, 15) is 8.42 Å². The van der Waals surface area contributed by atoms with Crippen LogP contribution in [0.25, 0.3) is 0 Å². The van der Waals surface area contributed by atoms with Crippen molar-refractivity contribution < 1.29 is 8.42 Å². The number of nitrogens with one attached hydrogen (secondary N) is 1. The molecule has 0 unspecified atom stereocenters. The third-order valence-electron chi connectivity index (χ3n) is 2.63. The predicted molar refractivity (Wildman–Crippen MR) is 80.5 cm³/mol. The van der Waals surface area contributed by atoms with Gasteiger partial charge in [-0.1, -0.05) is 22.0 Å². The summed E-state index contributed by atoms with van der Waals surface area (Å²) in [5.41, 5.74) is 7.48. The number of benzene rings is 2. The van der Waals surface area contributed by atoms with Crippen molar-refractivity contribution in [2.75, 3.05) is 10.5 Å². The zero-order valence-electron chi connectivity index (χ0n) is 10.2. The van der Waals surface area contributed by atoms with Crippen LogP contribution in [0.1, 0.15) is 5.56 Å². The summed E-state index contributed by atoms with van der Waals surface area (Å²) in [6, 6.07) is 11.5. The standard InChI is InChI=1S/C13H13BrN2O2S/c1-9-2-5-11(15)8-13(9)16-19(17,18)12-6-3-10(14)4-7-12/h2-8,16H,15H2,1H3. The minimum absolute atomic E-state index is 0.206. The van der Waals surface area contributed by atoms with Gasteiger partial charge in [0, 0.05) is 10.2 Å². The Morgan fingerprint density at radius 1 is 1.11 bits per heavy atom. The number of halogens is 1. The number of sulfonamides is 1. The van der Waals surface area contributed by atoms with Crippen molar-refractivity contribution in [1.29, 1.82) is 0 Å². The number of anilines is 2. The summed E-state index contributed by atoms with van der Waals surface area (Å²) in [4.78, 5) is 0.206. The van der Waals surface area contributed by atoms with E-state index in [4.69, 9.17) is 5.73 Å². The van der Waals surface area contributed by atoms with Crippen molar-refractivity contribution in [3.63, 3.8) is 0 Å². The monoisotopic (exact) mass is 340 g/mol. The molecule has 2 rings (SSSR count). The smallest absolute Gasteiger partial charge is 0.261 e. The second-order valence-corrected chi connectivity index (χ2v) is 6.73. The van der Waals surface area contributed by atoms with Crippen LogP contribution in [0.15, 0.2) is 51.8 Å². The molecule has 3 N–H and O–H groups in total. The first-order chi connectivity index (χ1) is 8.88. The van der Waals surface area contributed by atoms with Gasteiger partial charge in [0.2, 0.25) is 0 Å². The molecule has 2 aromatic carbocycles. The zero-order valence-corrected chi connectivity index (χ0v) is 12.6. The van der Waals surface area contributed by atoms with Crippen molar-refractivity contribution >= 4 is 37.3 Å². The van der Waals surface area contributed by atoms with Crippen molar-refractivity contribution in [2.24, 2.45) is 0 Å². The van der Waals surface area contributed by atoms with Gasteiger partial charge in [0.1, 0.15) is 0 Å². The molecule has 0 aliphatic heterocycles. The van der Waals surface area contributed by atoms with E-state index in [0.29, 0.717) is 11.4 Å². The summed E-state index contributed by atoms with van der Waals surface area (Å²) in [5.74, 6) is 0. The molecule has 0 heterocycles. The SMILES string of the molecule is Cc1ccc(N)cc1NS(=O)(=O)c1ccc(Br)cc1. The first-order valence-electron chi connectivity index (χ1n) is 5.53. The molecule has 0 fully saturated rings. The highest BCUT2D eigenvalue weighted by Gasteiger charge is 2.15. The Morgan fingerprint density at radius 2 is 1.74 bits per heavy atom. The lowest BCUT2D eigenvalue weighted by Crippen LogP contribution is -2.13. The lowest BCUT2D eigenvalue weighted by Gasteiger charge is -2.11. The Kier molecular flexibility index (Phi) is 3.82. The van der Waals surface area contributed by atoms with Crippen LogP contribution in [0.4, 0.5) is 11.4 Å². The highest BCUT2D eigenvalue weighted by molar-refractivity contribution is 9.10. The Morgan fingerprint density at radius 3 is 2.37 bits per heavy atom. The van der Waals surface area contributed by atoms with Crippen LogP contribution < -0.4 is 10.5 Å². The fourth-order valence-electron chi connectivity index (χ4n) is 1.57. The van der Waals surface area contributed by atoms with Crippen LogP contribution in [0.5, 0.6) is 0 Å². The number of hydrogen-bond donors (Lipinski definition) is 2. The van der Waals surface area contributed by atoms with Gasteiger partial charge in [0.25, 0.3) is 10.0 Å². The normalized spacial score (nSPS) is 11.3. The van der Waals surface area contributed by atoms with E-state index < -0.39 is 10.0 Å². The Hall–Kier alpha value is -1.53. The van der Waals surface area contributed by atoms with Crippen LogP contribution in [0.2, 0.25) is 0 Å². The third kappa shape index (κ3) is 3.27. The largest absolute Gasteiger partial charge is 0.399 e. The maximum absolute atomic E-state index is 12.2. The maximum atomic E-state index is 12.2. The topological polar surface area (TPSA) is 72.2 Å². The Bertz CT molecular complexity index is 697. The second kappa shape index (κ2) is 5.22. The van der Waals surface area contributed by atoms with Gasteiger partial charge in [-0.15, -0.1) is 0 Å². The van der Waals surface area contributed by atoms with Gasteiger partial charge in [-0.3, -0.25) is 4.72 Å². The number of rotatable bonds is 3. The highest BCUT2D eigenvalue weighted by atomic mass is 79.9. The molecule has 100 valence electrons. The molecule has 0 aromatic heterocycles. The van der Waals surface area contributed by atoms with E-state index in [1.54, 1.807) is 30.3 Å². The number of aryl methyl sites for hydroxylation is 1. The summed E-state index contributed by atoms with van der Waals surface area (Å²) in [5, 5.41) is 0. The van der Waals surface area contributed by atoms with Gasteiger partial charge in [0.05, 0.1) is 10.6 Å². The van der Waals surface area contributed by atoms with Crippen molar-refractivity contribution in [2.45, 2.75) is 11.8 Å². The van der Waals surface area contributed by atoms with Crippen LogP contribution in [-0.4, -0.2) is 8.42 Å². The van der Waals surface area contributed by atoms with Crippen LogP contribution in [0, 0.1) is 6.92 Å². The fraction of sp³-hybridized carbons (Fsp3) is 0.0769. The summed E-state index contributed by atoms with van der Waals surface area (Å²) in [7, 11) is -3.60. The molecule has 0 radical (unpaired) electrons. The molecule has 0 amide bonds. The van der Waals surface area contributed by atoms with E-state index >= 15 is 0 Å². The summed E-state index contributed by atoms with van der Waals surface area (Å²) >= 11 is 3.27. The second-order valence-electron chi connectivity index (χ2n) is 4.13. The van der Waals surface area contributed by atoms with Gasteiger partial charge in [0.15, 0.2) is 0 Å². The third-order valence-corrected chi connectivity index (χ3v) is 4.54. The van der Waals surface area contributed by atoms with Crippen molar-refractivity contribution in [3.05, 3.63) is 52.5 Å². The van der Waals surface area contributed by atoms with E-state index in [-0.39, 0.29) is 4.90 Å². The first kappa shape index (κ1) is 13.9. The molecule has 0 aliphatic carbocycles. The van der Waals surface area contributed by atoms with Gasteiger partial charge < -0.3 is 5.73 Å².